The summed E-state index contributed by atoms with van der Waals surface area (Å²) in [5.74, 6) is -1.14. The SMILES string of the molecule is NC(=O)c1cccc(C(N)=O)c1.O=CO. The molecule has 6 nitrogen and oxygen atoms in total. The fraction of sp³-hybridized carbons (Fsp3) is 0. The monoisotopic (exact) mass is 210 g/mol. The van der Waals surface area contributed by atoms with E-state index in [-0.39, 0.29) is 17.6 Å². The fourth-order valence-corrected chi connectivity index (χ4v) is 0.826. The molecule has 0 saturated carbocycles. The van der Waals surface area contributed by atoms with Crippen LogP contribution in [0.1, 0.15) is 20.7 Å². The third-order valence-electron chi connectivity index (χ3n) is 1.43. The van der Waals surface area contributed by atoms with Gasteiger partial charge in [-0.2, -0.15) is 0 Å². The van der Waals surface area contributed by atoms with Crippen molar-refractivity contribution in [1.29, 1.82) is 0 Å². The first-order valence-electron chi connectivity index (χ1n) is 3.80. The summed E-state index contributed by atoms with van der Waals surface area (Å²) < 4.78 is 0. The summed E-state index contributed by atoms with van der Waals surface area (Å²) in [5, 5.41) is 6.89. The predicted molar refractivity (Wildman–Crippen MR) is 52.2 cm³/mol. The number of amides is 2. The second kappa shape index (κ2) is 6.14. The van der Waals surface area contributed by atoms with Gasteiger partial charge in [0, 0.05) is 11.1 Å². The molecule has 0 atom stereocenters. The van der Waals surface area contributed by atoms with Crippen LogP contribution in [0.4, 0.5) is 0 Å². The van der Waals surface area contributed by atoms with Crippen LogP contribution in [0.2, 0.25) is 0 Å². The normalized spacial score (nSPS) is 8.27. The minimum atomic E-state index is -0.571. The van der Waals surface area contributed by atoms with Gasteiger partial charge < -0.3 is 16.6 Å². The average molecular weight is 210 g/mol. The third kappa shape index (κ3) is 4.41. The van der Waals surface area contributed by atoms with E-state index in [1.807, 2.05) is 0 Å². The summed E-state index contributed by atoms with van der Waals surface area (Å²) in [6, 6.07) is 5.97. The van der Waals surface area contributed by atoms with Crippen LogP contribution in [0, 0.1) is 0 Å². The number of primary amides is 2. The van der Waals surface area contributed by atoms with Crippen molar-refractivity contribution in [3.8, 4) is 0 Å². The topological polar surface area (TPSA) is 123 Å². The lowest BCUT2D eigenvalue weighted by Gasteiger charge is -1.97. The summed E-state index contributed by atoms with van der Waals surface area (Å²) in [5.41, 5.74) is 10.6. The van der Waals surface area contributed by atoms with Crippen molar-refractivity contribution in [2.24, 2.45) is 11.5 Å². The lowest BCUT2D eigenvalue weighted by molar-refractivity contribution is -0.122. The first kappa shape index (κ1) is 12.6. The highest BCUT2D eigenvalue weighted by Crippen LogP contribution is 2.03. The van der Waals surface area contributed by atoms with Gasteiger partial charge in [0.15, 0.2) is 0 Å². The highest BCUT2D eigenvalue weighted by Gasteiger charge is 2.03. The summed E-state index contributed by atoms with van der Waals surface area (Å²) in [4.78, 5) is 29.7. The Bertz CT molecular complexity index is 347. The van der Waals surface area contributed by atoms with Crippen LogP contribution < -0.4 is 11.5 Å². The number of benzene rings is 1. The van der Waals surface area contributed by atoms with E-state index in [9.17, 15) is 9.59 Å². The Hall–Kier alpha value is -2.37. The first-order chi connectivity index (χ1) is 7.02. The minimum absolute atomic E-state index is 0.250. The highest BCUT2D eigenvalue weighted by atomic mass is 16.3. The largest absolute Gasteiger partial charge is 0.483 e. The second-order valence-corrected chi connectivity index (χ2v) is 2.41. The molecule has 1 aromatic carbocycles. The van der Waals surface area contributed by atoms with Crippen molar-refractivity contribution in [3.63, 3.8) is 0 Å². The Labute approximate surface area is 85.5 Å². The molecule has 0 bridgehead atoms. The van der Waals surface area contributed by atoms with Gasteiger partial charge >= 0.3 is 0 Å². The summed E-state index contributed by atoms with van der Waals surface area (Å²) in [6.45, 7) is -0.250. The molecule has 1 aromatic rings. The van der Waals surface area contributed by atoms with Gasteiger partial charge in [0.05, 0.1) is 0 Å². The first-order valence-corrected chi connectivity index (χ1v) is 3.80. The van der Waals surface area contributed by atoms with Crippen LogP contribution in [-0.2, 0) is 4.79 Å². The Balaban J connectivity index is 0.000000583. The van der Waals surface area contributed by atoms with Gasteiger partial charge in [-0.15, -0.1) is 0 Å². The summed E-state index contributed by atoms with van der Waals surface area (Å²) >= 11 is 0. The highest BCUT2D eigenvalue weighted by molar-refractivity contribution is 5.98. The van der Waals surface area contributed by atoms with E-state index in [4.69, 9.17) is 21.4 Å². The zero-order chi connectivity index (χ0) is 11.8. The number of hydrogen-bond donors (Lipinski definition) is 3. The van der Waals surface area contributed by atoms with Gasteiger partial charge in [0.25, 0.3) is 6.47 Å². The molecule has 0 aromatic heterocycles. The van der Waals surface area contributed by atoms with E-state index in [2.05, 4.69) is 0 Å². The summed E-state index contributed by atoms with van der Waals surface area (Å²) in [7, 11) is 0. The molecule has 0 heterocycles. The van der Waals surface area contributed by atoms with E-state index in [1.54, 1.807) is 6.07 Å². The number of carbonyl (C=O) groups excluding carboxylic acids is 2. The zero-order valence-corrected chi connectivity index (χ0v) is 7.71. The van der Waals surface area contributed by atoms with Crippen LogP contribution in [0.15, 0.2) is 24.3 Å². The van der Waals surface area contributed by atoms with Crippen molar-refractivity contribution >= 4 is 18.3 Å². The van der Waals surface area contributed by atoms with E-state index in [0.717, 1.165) is 0 Å². The number of carboxylic acid groups (broad SMARTS) is 1. The van der Waals surface area contributed by atoms with Gasteiger partial charge in [-0.1, -0.05) is 6.07 Å². The van der Waals surface area contributed by atoms with Gasteiger partial charge in [0.2, 0.25) is 11.8 Å². The van der Waals surface area contributed by atoms with E-state index < -0.39 is 11.8 Å². The number of carbonyl (C=O) groups is 3. The van der Waals surface area contributed by atoms with Crippen molar-refractivity contribution in [3.05, 3.63) is 35.4 Å². The molecule has 0 aliphatic carbocycles. The quantitative estimate of drug-likeness (QED) is 0.573. The molecule has 0 saturated heterocycles. The average Bonchev–Trinajstić information content (AvgIpc) is 2.19. The molecule has 0 radical (unpaired) electrons. The fourth-order valence-electron chi connectivity index (χ4n) is 0.826. The molecule has 80 valence electrons. The van der Waals surface area contributed by atoms with Gasteiger partial charge in [-0.05, 0) is 18.2 Å². The maximum atomic E-state index is 10.6. The Morgan fingerprint density at radius 3 is 1.73 bits per heavy atom. The molecule has 0 fully saturated rings. The van der Waals surface area contributed by atoms with E-state index in [1.165, 1.54) is 18.2 Å². The molecule has 2 amide bonds. The Kier molecular flexibility index (Phi) is 5.17. The van der Waals surface area contributed by atoms with Crippen molar-refractivity contribution in [2.75, 3.05) is 0 Å². The Morgan fingerprint density at radius 2 is 1.47 bits per heavy atom. The third-order valence-corrected chi connectivity index (χ3v) is 1.43. The second-order valence-electron chi connectivity index (χ2n) is 2.41. The lowest BCUT2D eigenvalue weighted by atomic mass is 10.1. The molecule has 0 aliphatic heterocycles. The van der Waals surface area contributed by atoms with E-state index >= 15 is 0 Å². The standard InChI is InChI=1S/C8H8N2O2.CH2O2/c9-7(11)5-2-1-3-6(4-5)8(10)12;2-1-3/h1-4H,(H2,9,11)(H2,10,12);1H,(H,2,3). The lowest BCUT2D eigenvalue weighted by Crippen LogP contribution is -2.14. The van der Waals surface area contributed by atoms with Crippen molar-refractivity contribution in [1.82, 2.24) is 0 Å². The van der Waals surface area contributed by atoms with E-state index in [0.29, 0.717) is 0 Å². The van der Waals surface area contributed by atoms with Gasteiger partial charge in [-0.25, -0.2) is 0 Å². The number of rotatable bonds is 2. The molecule has 5 N–H and O–H groups in total. The maximum absolute atomic E-state index is 10.6. The van der Waals surface area contributed by atoms with Crippen LogP contribution in [-0.4, -0.2) is 23.4 Å². The Morgan fingerprint density at radius 1 is 1.13 bits per heavy atom. The molecule has 0 spiro atoms. The molecular weight excluding hydrogens is 200 g/mol. The zero-order valence-electron chi connectivity index (χ0n) is 7.71. The molecule has 6 heteroatoms. The van der Waals surface area contributed by atoms with Crippen molar-refractivity contribution in [2.45, 2.75) is 0 Å². The maximum Gasteiger partial charge on any atom is 0.290 e. The van der Waals surface area contributed by atoms with Gasteiger partial charge in [0.1, 0.15) is 0 Å². The summed E-state index contributed by atoms with van der Waals surface area (Å²) in [6.07, 6.45) is 0. The van der Waals surface area contributed by atoms with Crippen molar-refractivity contribution < 1.29 is 19.5 Å². The van der Waals surface area contributed by atoms with Crippen LogP contribution in [0.5, 0.6) is 0 Å². The van der Waals surface area contributed by atoms with Crippen LogP contribution in [0.3, 0.4) is 0 Å². The smallest absolute Gasteiger partial charge is 0.290 e. The van der Waals surface area contributed by atoms with Gasteiger partial charge in [-0.3, -0.25) is 14.4 Å². The van der Waals surface area contributed by atoms with Crippen LogP contribution in [0.25, 0.3) is 0 Å². The predicted octanol–water partition coefficient (Wildman–Crippen LogP) is -0.415. The van der Waals surface area contributed by atoms with Crippen LogP contribution >= 0.6 is 0 Å². The molecule has 15 heavy (non-hydrogen) atoms. The minimum Gasteiger partial charge on any atom is -0.483 e. The molecule has 0 unspecified atom stereocenters. The molecule has 0 aliphatic rings. The number of nitrogens with two attached hydrogens (primary N) is 2. The molecule has 1 rings (SSSR count). The number of hydrogen-bond acceptors (Lipinski definition) is 3. The molecular formula is C9H10N2O4.